The Bertz CT molecular complexity index is 393. The Morgan fingerprint density at radius 3 is 2.62 bits per heavy atom. The molecule has 0 bridgehead atoms. The third-order valence-electron chi connectivity index (χ3n) is 4.22. The molecular formula is C17H34N4O3. The van der Waals surface area contributed by atoms with Crippen LogP contribution in [0.1, 0.15) is 33.1 Å². The molecule has 1 saturated heterocycles. The molecule has 24 heavy (non-hydrogen) atoms. The number of ether oxygens (including phenoxy) is 2. The minimum Gasteiger partial charge on any atom is -0.381 e. The molecule has 7 nitrogen and oxygen atoms in total. The molecule has 7 heteroatoms. The van der Waals surface area contributed by atoms with Crippen LogP contribution in [0.5, 0.6) is 0 Å². The Balaban J connectivity index is 2.10. The van der Waals surface area contributed by atoms with Crippen LogP contribution in [-0.4, -0.2) is 65.5 Å². The first kappa shape index (κ1) is 20.7. The van der Waals surface area contributed by atoms with Crippen LogP contribution >= 0.6 is 0 Å². The van der Waals surface area contributed by atoms with Gasteiger partial charge in [-0.25, -0.2) is 0 Å². The summed E-state index contributed by atoms with van der Waals surface area (Å²) < 4.78 is 11.1. The van der Waals surface area contributed by atoms with Gasteiger partial charge in [0.15, 0.2) is 5.96 Å². The van der Waals surface area contributed by atoms with Crippen LogP contribution in [0.2, 0.25) is 0 Å². The molecule has 1 heterocycles. The Labute approximate surface area is 146 Å². The summed E-state index contributed by atoms with van der Waals surface area (Å²) in [6.45, 7) is 8.41. The van der Waals surface area contributed by atoms with Crippen LogP contribution in [-0.2, 0) is 14.3 Å². The van der Waals surface area contributed by atoms with Gasteiger partial charge in [-0.3, -0.25) is 9.79 Å². The molecule has 0 unspecified atom stereocenters. The summed E-state index contributed by atoms with van der Waals surface area (Å²) in [6, 6.07) is 0. The second-order valence-corrected chi connectivity index (χ2v) is 6.80. The van der Waals surface area contributed by atoms with Gasteiger partial charge in [0, 0.05) is 53.6 Å². The van der Waals surface area contributed by atoms with Crippen molar-refractivity contribution in [3.8, 4) is 0 Å². The summed E-state index contributed by atoms with van der Waals surface area (Å²) in [5, 5.41) is 9.11. The van der Waals surface area contributed by atoms with Crippen molar-refractivity contribution in [3.63, 3.8) is 0 Å². The van der Waals surface area contributed by atoms with E-state index in [0.717, 1.165) is 52.2 Å². The van der Waals surface area contributed by atoms with Crippen LogP contribution in [0.25, 0.3) is 0 Å². The highest BCUT2D eigenvalue weighted by Gasteiger charge is 2.26. The van der Waals surface area contributed by atoms with Gasteiger partial charge in [-0.1, -0.05) is 0 Å². The zero-order valence-electron chi connectivity index (χ0n) is 15.6. The SMILES string of the molecule is CN=C(NCCCOCC1CCOCC1)NCC(C)(C)C(=O)NC. The van der Waals surface area contributed by atoms with Gasteiger partial charge in [0.2, 0.25) is 5.91 Å². The first-order valence-corrected chi connectivity index (χ1v) is 8.82. The molecule has 0 aromatic carbocycles. The van der Waals surface area contributed by atoms with E-state index >= 15 is 0 Å². The van der Waals surface area contributed by atoms with Crippen molar-refractivity contribution in [3.05, 3.63) is 0 Å². The van der Waals surface area contributed by atoms with E-state index in [1.165, 1.54) is 0 Å². The molecule has 0 aromatic heterocycles. The summed E-state index contributed by atoms with van der Waals surface area (Å²) >= 11 is 0. The highest BCUT2D eigenvalue weighted by molar-refractivity contribution is 5.84. The van der Waals surface area contributed by atoms with E-state index in [0.29, 0.717) is 18.4 Å². The number of nitrogens with one attached hydrogen (secondary N) is 3. The van der Waals surface area contributed by atoms with E-state index in [1.54, 1.807) is 14.1 Å². The second-order valence-electron chi connectivity index (χ2n) is 6.80. The molecule has 1 amide bonds. The normalized spacial score (nSPS) is 16.8. The first-order valence-electron chi connectivity index (χ1n) is 8.82. The molecule has 1 aliphatic heterocycles. The predicted molar refractivity (Wildman–Crippen MR) is 96.2 cm³/mol. The number of amides is 1. The first-order chi connectivity index (χ1) is 11.5. The number of carbonyl (C=O) groups is 1. The molecule has 0 atom stereocenters. The molecule has 0 radical (unpaired) electrons. The maximum absolute atomic E-state index is 11.8. The summed E-state index contributed by atoms with van der Waals surface area (Å²) in [4.78, 5) is 15.9. The molecule has 1 aliphatic rings. The average molecular weight is 342 g/mol. The molecule has 0 spiro atoms. The van der Waals surface area contributed by atoms with E-state index in [-0.39, 0.29) is 5.91 Å². The van der Waals surface area contributed by atoms with Crippen LogP contribution in [0, 0.1) is 11.3 Å². The van der Waals surface area contributed by atoms with E-state index in [2.05, 4.69) is 20.9 Å². The van der Waals surface area contributed by atoms with Crippen LogP contribution in [0.4, 0.5) is 0 Å². The maximum atomic E-state index is 11.8. The number of aliphatic imine (C=N–C) groups is 1. The minimum atomic E-state index is -0.487. The summed E-state index contributed by atoms with van der Waals surface area (Å²) in [6.07, 6.45) is 3.13. The monoisotopic (exact) mass is 342 g/mol. The summed E-state index contributed by atoms with van der Waals surface area (Å²) in [7, 11) is 3.38. The molecule has 0 aliphatic carbocycles. The zero-order chi connectivity index (χ0) is 17.8. The summed E-state index contributed by atoms with van der Waals surface area (Å²) in [5.74, 6) is 1.36. The van der Waals surface area contributed by atoms with Gasteiger partial charge in [0.1, 0.15) is 0 Å². The molecule has 140 valence electrons. The molecule has 0 aromatic rings. The summed E-state index contributed by atoms with van der Waals surface area (Å²) in [5.41, 5.74) is -0.487. The van der Waals surface area contributed by atoms with E-state index < -0.39 is 5.41 Å². The lowest BCUT2D eigenvalue weighted by molar-refractivity contribution is -0.128. The van der Waals surface area contributed by atoms with Crippen molar-refractivity contribution < 1.29 is 14.3 Å². The predicted octanol–water partition coefficient (Wildman–Crippen LogP) is 0.757. The number of hydrogen-bond acceptors (Lipinski definition) is 4. The molecular weight excluding hydrogens is 308 g/mol. The highest BCUT2D eigenvalue weighted by atomic mass is 16.5. The van der Waals surface area contributed by atoms with Crippen molar-refractivity contribution in [2.24, 2.45) is 16.3 Å². The van der Waals surface area contributed by atoms with E-state index in [4.69, 9.17) is 9.47 Å². The van der Waals surface area contributed by atoms with Crippen molar-refractivity contribution in [2.45, 2.75) is 33.1 Å². The molecule has 1 fully saturated rings. The Morgan fingerprint density at radius 1 is 1.29 bits per heavy atom. The third kappa shape index (κ3) is 7.97. The Kier molecular flexibility index (Phi) is 9.71. The van der Waals surface area contributed by atoms with E-state index in [9.17, 15) is 4.79 Å². The second kappa shape index (κ2) is 11.3. The van der Waals surface area contributed by atoms with Gasteiger partial charge in [-0.15, -0.1) is 0 Å². The quantitative estimate of drug-likeness (QED) is 0.327. The number of nitrogens with zero attached hydrogens (tertiary/aromatic N) is 1. The minimum absolute atomic E-state index is 0.00645. The fraction of sp³-hybridized carbons (Fsp3) is 0.882. The number of hydrogen-bond donors (Lipinski definition) is 3. The van der Waals surface area contributed by atoms with Gasteiger partial charge in [0.05, 0.1) is 5.41 Å². The van der Waals surface area contributed by atoms with Gasteiger partial charge >= 0.3 is 0 Å². The van der Waals surface area contributed by atoms with Gasteiger partial charge < -0.3 is 25.4 Å². The topological polar surface area (TPSA) is 84.0 Å². The molecule has 1 rings (SSSR count). The lowest BCUT2D eigenvalue weighted by Crippen LogP contribution is -2.47. The van der Waals surface area contributed by atoms with Crippen LogP contribution < -0.4 is 16.0 Å². The van der Waals surface area contributed by atoms with Crippen molar-refractivity contribution in [1.29, 1.82) is 0 Å². The number of rotatable bonds is 9. The number of guanidine groups is 1. The highest BCUT2D eigenvalue weighted by Crippen LogP contribution is 2.14. The van der Waals surface area contributed by atoms with Gasteiger partial charge in [-0.05, 0) is 39.0 Å². The third-order valence-corrected chi connectivity index (χ3v) is 4.22. The van der Waals surface area contributed by atoms with Crippen LogP contribution in [0.15, 0.2) is 4.99 Å². The van der Waals surface area contributed by atoms with Gasteiger partial charge in [0.25, 0.3) is 0 Å². The van der Waals surface area contributed by atoms with Gasteiger partial charge in [-0.2, -0.15) is 0 Å². The zero-order valence-corrected chi connectivity index (χ0v) is 15.6. The molecule has 3 N–H and O–H groups in total. The Hall–Kier alpha value is -1.34. The largest absolute Gasteiger partial charge is 0.381 e. The Morgan fingerprint density at radius 2 is 2.00 bits per heavy atom. The number of carbonyl (C=O) groups excluding carboxylic acids is 1. The fourth-order valence-electron chi connectivity index (χ4n) is 2.49. The standard InChI is InChI=1S/C17H34N4O3/c1-17(2,15(22)18-3)13-21-16(19-4)20-8-5-9-24-12-14-6-10-23-11-7-14/h14H,5-13H2,1-4H3,(H,18,22)(H2,19,20,21). The molecule has 0 saturated carbocycles. The van der Waals surface area contributed by atoms with Crippen molar-refractivity contribution in [2.75, 3.05) is 53.6 Å². The van der Waals surface area contributed by atoms with E-state index in [1.807, 2.05) is 13.8 Å². The van der Waals surface area contributed by atoms with Crippen molar-refractivity contribution >= 4 is 11.9 Å². The fourth-order valence-corrected chi connectivity index (χ4v) is 2.49. The lowest BCUT2D eigenvalue weighted by Gasteiger charge is -2.24. The van der Waals surface area contributed by atoms with Crippen LogP contribution in [0.3, 0.4) is 0 Å². The lowest BCUT2D eigenvalue weighted by atomic mass is 9.92. The van der Waals surface area contributed by atoms with Crippen molar-refractivity contribution in [1.82, 2.24) is 16.0 Å². The maximum Gasteiger partial charge on any atom is 0.227 e. The smallest absolute Gasteiger partial charge is 0.227 e. The average Bonchev–Trinajstić information content (AvgIpc) is 2.60.